The van der Waals surface area contributed by atoms with Crippen LogP contribution in [0.1, 0.15) is 33.5 Å². The summed E-state index contributed by atoms with van der Waals surface area (Å²) in [6.45, 7) is 1.84. The van der Waals surface area contributed by atoms with E-state index >= 15 is 0 Å². The second-order valence-electron chi connectivity index (χ2n) is 5.35. The monoisotopic (exact) mass is 405 g/mol. The molecule has 1 aromatic carbocycles. The molecule has 0 radical (unpaired) electrons. The van der Waals surface area contributed by atoms with Crippen molar-refractivity contribution in [3.63, 3.8) is 0 Å². The fraction of sp³-hybridized carbons (Fsp3) is 0.222. The van der Waals surface area contributed by atoms with Crippen LogP contribution in [-0.2, 0) is 23.1 Å². The van der Waals surface area contributed by atoms with Gasteiger partial charge in [0.15, 0.2) is 0 Å². The fourth-order valence-corrected chi connectivity index (χ4v) is 2.87. The Hall–Kier alpha value is -2.54. The molecule has 3 rings (SSSR count). The van der Waals surface area contributed by atoms with E-state index in [9.17, 15) is 9.59 Å². The summed E-state index contributed by atoms with van der Waals surface area (Å²) >= 11 is 3.40. The number of esters is 2. The van der Waals surface area contributed by atoms with E-state index in [2.05, 4.69) is 15.9 Å². The van der Waals surface area contributed by atoms with Gasteiger partial charge in [-0.05, 0) is 37.3 Å². The summed E-state index contributed by atoms with van der Waals surface area (Å²) in [5, 5.41) is 0.692. The lowest BCUT2D eigenvalue weighted by atomic mass is 10.1. The zero-order valence-electron chi connectivity index (χ0n) is 13.7. The average molecular weight is 406 g/mol. The van der Waals surface area contributed by atoms with E-state index < -0.39 is 11.9 Å². The van der Waals surface area contributed by atoms with Crippen LogP contribution >= 0.6 is 15.9 Å². The Balaban J connectivity index is 1.94. The second-order valence-corrected chi connectivity index (χ2v) is 6.27. The lowest BCUT2D eigenvalue weighted by molar-refractivity contribution is 0.0428. The summed E-state index contributed by atoms with van der Waals surface area (Å²) in [6.07, 6.45) is 1.75. The zero-order valence-corrected chi connectivity index (χ0v) is 15.3. The number of halogens is 1. The van der Waals surface area contributed by atoms with Gasteiger partial charge in [-0.25, -0.2) is 9.59 Å². The highest BCUT2D eigenvalue weighted by Crippen LogP contribution is 2.30. The summed E-state index contributed by atoms with van der Waals surface area (Å²) in [4.78, 5) is 24.4. The Morgan fingerprint density at radius 3 is 2.68 bits per heavy atom. The van der Waals surface area contributed by atoms with E-state index in [0.717, 1.165) is 4.47 Å². The Kier molecular flexibility index (Phi) is 4.94. The molecule has 0 bridgehead atoms. The van der Waals surface area contributed by atoms with E-state index in [1.807, 2.05) is 6.07 Å². The van der Waals surface area contributed by atoms with E-state index in [-0.39, 0.29) is 19.0 Å². The normalized spacial score (nSPS) is 10.8. The van der Waals surface area contributed by atoms with Crippen molar-refractivity contribution in [2.45, 2.75) is 13.5 Å². The zero-order chi connectivity index (χ0) is 18.0. The first kappa shape index (κ1) is 17.3. The molecule has 0 saturated carbocycles. The predicted octanol–water partition coefficient (Wildman–Crippen LogP) is 4.07. The van der Waals surface area contributed by atoms with Crippen molar-refractivity contribution < 1.29 is 23.5 Å². The molecule has 0 aliphatic heterocycles. The molecule has 3 aromatic rings. The molecular weight excluding hydrogens is 390 g/mol. The van der Waals surface area contributed by atoms with E-state index in [1.54, 1.807) is 49.0 Å². The predicted molar refractivity (Wildman–Crippen MR) is 94.4 cm³/mol. The third-order valence-electron chi connectivity index (χ3n) is 3.71. The number of hydrogen-bond donors (Lipinski definition) is 0. The number of benzene rings is 1. The Bertz CT molecular complexity index is 940. The number of hydrogen-bond acceptors (Lipinski definition) is 5. The van der Waals surface area contributed by atoms with Crippen molar-refractivity contribution in [2.24, 2.45) is 7.05 Å². The van der Waals surface area contributed by atoms with Gasteiger partial charge in [0.2, 0.25) is 5.76 Å². The molecule has 2 heterocycles. The van der Waals surface area contributed by atoms with Gasteiger partial charge in [-0.2, -0.15) is 0 Å². The average Bonchev–Trinajstić information content (AvgIpc) is 3.16. The summed E-state index contributed by atoms with van der Waals surface area (Å²) in [5.41, 5.74) is 1.43. The number of aromatic nitrogens is 1. The van der Waals surface area contributed by atoms with Crippen molar-refractivity contribution in [1.29, 1.82) is 0 Å². The maximum absolute atomic E-state index is 12.2. The number of fused-ring (bicyclic) bond motifs is 1. The maximum atomic E-state index is 12.2. The molecule has 0 aliphatic rings. The Labute approximate surface area is 152 Å². The number of furan rings is 1. The van der Waals surface area contributed by atoms with Gasteiger partial charge in [0, 0.05) is 23.1 Å². The third kappa shape index (κ3) is 3.46. The molecule has 0 unspecified atom stereocenters. The molecule has 2 aromatic heterocycles. The summed E-state index contributed by atoms with van der Waals surface area (Å²) in [6, 6.07) is 8.78. The minimum Gasteiger partial charge on any atom is -0.460 e. The number of ether oxygens (including phenoxy) is 2. The number of nitrogens with zero attached hydrogens (tertiary/aromatic N) is 1. The van der Waals surface area contributed by atoms with E-state index in [1.165, 1.54) is 0 Å². The van der Waals surface area contributed by atoms with Gasteiger partial charge < -0.3 is 18.5 Å². The summed E-state index contributed by atoms with van der Waals surface area (Å²) < 4.78 is 18.5. The molecule has 0 atom stereocenters. The van der Waals surface area contributed by atoms with Gasteiger partial charge in [-0.1, -0.05) is 15.9 Å². The highest BCUT2D eigenvalue weighted by atomic mass is 79.9. The van der Waals surface area contributed by atoms with Crippen LogP contribution in [0.4, 0.5) is 0 Å². The van der Waals surface area contributed by atoms with Crippen LogP contribution in [-0.4, -0.2) is 23.1 Å². The first-order valence-electron chi connectivity index (χ1n) is 7.67. The lowest BCUT2D eigenvalue weighted by Crippen LogP contribution is -2.12. The van der Waals surface area contributed by atoms with Gasteiger partial charge in [-0.3, -0.25) is 0 Å². The Morgan fingerprint density at radius 2 is 2.00 bits per heavy atom. The van der Waals surface area contributed by atoms with Gasteiger partial charge in [-0.15, -0.1) is 0 Å². The van der Waals surface area contributed by atoms with E-state index in [0.29, 0.717) is 22.2 Å². The van der Waals surface area contributed by atoms with Gasteiger partial charge in [0.1, 0.15) is 17.9 Å². The number of aryl methyl sites for hydroxylation is 1. The first-order valence-corrected chi connectivity index (χ1v) is 8.47. The minimum atomic E-state index is -0.584. The highest BCUT2D eigenvalue weighted by Gasteiger charge is 2.23. The van der Waals surface area contributed by atoms with Crippen LogP contribution in [0.2, 0.25) is 0 Å². The summed E-state index contributed by atoms with van der Waals surface area (Å²) in [5.74, 6) is -1.01. The molecule has 0 saturated heterocycles. The topological polar surface area (TPSA) is 70.7 Å². The van der Waals surface area contributed by atoms with Crippen LogP contribution in [0.3, 0.4) is 0 Å². The van der Waals surface area contributed by atoms with Crippen molar-refractivity contribution >= 4 is 38.8 Å². The maximum Gasteiger partial charge on any atom is 0.374 e. The number of rotatable bonds is 5. The third-order valence-corrected chi connectivity index (χ3v) is 4.21. The second kappa shape index (κ2) is 7.14. The van der Waals surface area contributed by atoms with Crippen molar-refractivity contribution in [3.05, 3.63) is 58.0 Å². The van der Waals surface area contributed by atoms with Gasteiger partial charge in [0.25, 0.3) is 0 Å². The first-order chi connectivity index (χ1) is 12.0. The molecule has 25 heavy (non-hydrogen) atoms. The van der Waals surface area contributed by atoms with Crippen LogP contribution in [0.5, 0.6) is 0 Å². The smallest absolute Gasteiger partial charge is 0.374 e. The molecule has 0 aliphatic carbocycles. The number of carbonyl (C=O) groups excluding carboxylic acids is 2. The molecule has 6 nitrogen and oxygen atoms in total. The van der Waals surface area contributed by atoms with Crippen LogP contribution in [0, 0.1) is 0 Å². The quantitative estimate of drug-likeness (QED) is 0.598. The van der Waals surface area contributed by atoms with Gasteiger partial charge in [0.05, 0.1) is 12.2 Å². The minimum absolute atomic E-state index is 0.0506. The van der Waals surface area contributed by atoms with Gasteiger partial charge >= 0.3 is 11.9 Å². The van der Waals surface area contributed by atoms with E-state index in [4.69, 9.17) is 13.9 Å². The SMILES string of the molecule is CCOC(=O)c1oc2ccc(Br)cc2c1COC(=O)c1cccn1C. The van der Waals surface area contributed by atoms with Crippen molar-refractivity contribution in [1.82, 2.24) is 4.57 Å². The number of carbonyl (C=O) groups is 2. The molecular formula is C18H16BrNO5. The molecule has 0 fully saturated rings. The summed E-state index contributed by atoms with van der Waals surface area (Å²) in [7, 11) is 1.75. The highest BCUT2D eigenvalue weighted by molar-refractivity contribution is 9.10. The molecule has 0 amide bonds. The van der Waals surface area contributed by atoms with Crippen LogP contribution in [0.15, 0.2) is 45.4 Å². The molecule has 130 valence electrons. The largest absolute Gasteiger partial charge is 0.460 e. The molecule has 7 heteroatoms. The molecule has 0 spiro atoms. The van der Waals surface area contributed by atoms with Crippen LogP contribution < -0.4 is 0 Å². The Morgan fingerprint density at radius 1 is 1.20 bits per heavy atom. The fourth-order valence-electron chi connectivity index (χ4n) is 2.51. The standard InChI is InChI=1S/C18H16BrNO5/c1-3-23-18(22)16-13(12-9-11(19)6-7-15(12)25-16)10-24-17(21)14-5-4-8-20(14)2/h4-9H,3,10H2,1-2H3. The van der Waals surface area contributed by atoms with Crippen molar-refractivity contribution in [3.8, 4) is 0 Å². The van der Waals surface area contributed by atoms with Crippen molar-refractivity contribution in [2.75, 3.05) is 6.61 Å². The molecule has 0 N–H and O–H groups in total. The lowest BCUT2D eigenvalue weighted by Gasteiger charge is -2.06. The van der Waals surface area contributed by atoms with Crippen LogP contribution in [0.25, 0.3) is 11.0 Å².